The number of amides is 1. The summed E-state index contributed by atoms with van der Waals surface area (Å²) in [5.41, 5.74) is -3.55. The molecule has 11 nitrogen and oxygen atoms in total. The van der Waals surface area contributed by atoms with Gasteiger partial charge in [-0.2, -0.15) is 53.6 Å². The molecule has 0 spiro atoms. The van der Waals surface area contributed by atoms with Gasteiger partial charge in [-0.15, -0.1) is 0 Å². The van der Waals surface area contributed by atoms with Gasteiger partial charge in [0.1, 0.15) is 12.1 Å². The third-order valence-electron chi connectivity index (χ3n) is 6.91. The number of hydrogen-bond donors (Lipinski definition) is 2. The van der Waals surface area contributed by atoms with E-state index in [-0.39, 0.29) is 37.6 Å². The quantitative estimate of drug-likeness (QED) is 0.339. The molecule has 1 aromatic carbocycles. The van der Waals surface area contributed by atoms with E-state index in [4.69, 9.17) is 14.9 Å². The van der Waals surface area contributed by atoms with Gasteiger partial charge in [-0.25, -0.2) is 4.79 Å². The number of nitriles is 1. The fourth-order valence-corrected chi connectivity index (χ4v) is 6.69. The van der Waals surface area contributed by atoms with Gasteiger partial charge in [-0.05, 0) is 39.0 Å². The van der Waals surface area contributed by atoms with Gasteiger partial charge >= 0.3 is 28.7 Å². The predicted molar refractivity (Wildman–Crippen MR) is 129 cm³/mol. The van der Waals surface area contributed by atoms with Crippen LogP contribution in [0.15, 0.2) is 22.7 Å². The number of carbonyl (C=O) groups is 1. The fraction of sp³-hybridized carbons (Fsp3) is 0.565. The fourth-order valence-electron chi connectivity index (χ4n) is 4.89. The highest BCUT2D eigenvalue weighted by Gasteiger charge is 2.54. The molecule has 1 fully saturated rings. The second kappa shape index (κ2) is 11.0. The highest BCUT2D eigenvalue weighted by atomic mass is 32.2. The van der Waals surface area contributed by atoms with Crippen molar-refractivity contribution in [3.63, 3.8) is 0 Å². The maximum Gasteiger partial charge on any atom is 0.422 e. The molecule has 0 aliphatic carbocycles. The van der Waals surface area contributed by atoms with E-state index < -0.39 is 73.9 Å². The van der Waals surface area contributed by atoms with Crippen LogP contribution in [0.4, 0.5) is 36.8 Å². The van der Waals surface area contributed by atoms with E-state index in [1.807, 2.05) is 0 Å². The van der Waals surface area contributed by atoms with Crippen LogP contribution < -0.4 is 9.62 Å². The van der Waals surface area contributed by atoms with Crippen molar-refractivity contribution in [1.29, 1.82) is 5.26 Å². The van der Waals surface area contributed by atoms with Gasteiger partial charge in [0.05, 0.1) is 36.8 Å². The maximum absolute atomic E-state index is 13.4. The Morgan fingerprint density at radius 1 is 1.20 bits per heavy atom. The van der Waals surface area contributed by atoms with Crippen molar-refractivity contribution in [2.45, 2.75) is 64.0 Å². The van der Waals surface area contributed by atoms with Crippen LogP contribution in [-0.2, 0) is 22.9 Å². The normalized spacial score (nSPS) is 20.3. The second-order valence-electron chi connectivity index (χ2n) is 10.5. The summed E-state index contributed by atoms with van der Waals surface area (Å²) in [6.45, 7) is 2.51. The molecule has 41 heavy (non-hydrogen) atoms. The first-order valence-electron chi connectivity index (χ1n) is 12.1. The Morgan fingerprint density at radius 3 is 2.29 bits per heavy atom. The van der Waals surface area contributed by atoms with Gasteiger partial charge in [-0.1, -0.05) is 5.16 Å². The number of nitrogens with one attached hydrogen (secondary N) is 1. The first kappa shape index (κ1) is 31.9. The highest BCUT2D eigenvalue weighted by Crippen LogP contribution is 2.39. The SMILES string of the molecule is CC(C)(C)[N+]1(S(=O)(=O)NC(=O)O)CCC(c2nc(CN(CC(F)(F)F)c3ccc(C#N)c(C(F)(F)F)c3)no2)CC1. The van der Waals surface area contributed by atoms with E-state index in [9.17, 15) is 39.6 Å². The molecule has 1 aliphatic rings. The van der Waals surface area contributed by atoms with Crippen molar-refractivity contribution in [3.8, 4) is 6.07 Å². The summed E-state index contributed by atoms with van der Waals surface area (Å²) in [6, 6.07) is 3.55. The van der Waals surface area contributed by atoms with Crippen molar-refractivity contribution in [2.24, 2.45) is 0 Å². The summed E-state index contributed by atoms with van der Waals surface area (Å²) < 4.78 is 112. The topological polar surface area (TPSA) is 149 Å². The summed E-state index contributed by atoms with van der Waals surface area (Å²) in [6.07, 6.45) is -11.2. The Labute approximate surface area is 231 Å². The third-order valence-corrected chi connectivity index (χ3v) is 9.17. The molecule has 0 saturated carbocycles. The number of aromatic nitrogens is 2. The van der Waals surface area contributed by atoms with Crippen LogP contribution in [0, 0.1) is 11.3 Å². The molecular weight excluding hydrogens is 586 g/mol. The molecule has 3 rings (SSSR count). The lowest BCUT2D eigenvalue weighted by Crippen LogP contribution is -2.69. The molecule has 1 amide bonds. The average molecular weight is 614 g/mol. The Balaban J connectivity index is 1.86. The molecule has 0 bridgehead atoms. The molecular formula is C23H27F6N6O5S+. The lowest BCUT2D eigenvalue weighted by atomic mass is 9.93. The molecule has 18 heteroatoms. The molecule has 1 saturated heterocycles. The summed E-state index contributed by atoms with van der Waals surface area (Å²) in [5.74, 6) is -0.768. The van der Waals surface area contributed by atoms with Crippen molar-refractivity contribution < 1.29 is 53.1 Å². The first-order chi connectivity index (χ1) is 18.7. The number of halogens is 6. The lowest BCUT2D eigenvalue weighted by Gasteiger charge is -2.48. The average Bonchev–Trinajstić information content (AvgIpc) is 3.28. The van der Waals surface area contributed by atoms with Crippen LogP contribution in [0.3, 0.4) is 0 Å². The Kier molecular flexibility index (Phi) is 8.57. The van der Waals surface area contributed by atoms with Crippen molar-refractivity contribution in [2.75, 3.05) is 24.5 Å². The number of hydrogen-bond acceptors (Lipinski definition) is 8. The van der Waals surface area contributed by atoms with Gasteiger partial charge in [0.2, 0.25) is 5.89 Å². The Morgan fingerprint density at radius 2 is 1.80 bits per heavy atom. The Bertz CT molecular complexity index is 1420. The minimum atomic E-state index is -4.99. The number of carboxylic acid groups (broad SMARTS) is 1. The van der Waals surface area contributed by atoms with E-state index in [1.165, 1.54) is 6.07 Å². The molecule has 0 atom stereocenters. The molecule has 1 aromatic heterocycles. The van der Waals surface area contributed by atoms with E-state index in [2.05, 4.69) is 10.1 Å². The smallest absolute Gasteiger partial charge is 0.422 e. The van der Waals surface area contributed by atoms with E-state index in [1.54, 1.807) is 25.5 Å². The van der Waals surface area contributed by atoms with Gasteiger partial charge in [-0.3, -0.25) is 0 Å². The number of alkyl halides is 6. The van der Waals surface area contributed by atoms with Gasteiger partial charge < -0.3 is 14.5 Å². The molecule has 226 valence electrons. The summed E-state index contributed by atoms with van der Waals surface area (Å²) in [5, 5.41) is 21.7. The number of benzene rings is 1. The molecule has 1 aliphatic heterocycles. The Hall–Kier alpha value is -3.59. The second-order valence-corrected chi connectivity index (χ2v) is 12.4. The van der Waals surface area contributed by atoms with E-state index in [0.29, 0.717) is 11.0 Å². The van der Waals surface area contributed by atoms with E-state index >= 15 is 0 Å². The maximum atomic E-state index is 13.4. The van der Waals surface area contributed by atoms with Crippen molar-refractivity contribution in [1.82, 2.24) is 14.9 Å². The van der Waals surface area contributed by atoms with E-state index in [0.717, 1.165) is 12.1 Å². The van der Waals surface area contributed by atoms with Gasteiger partial charge in [0, 0.05) is 24.4 Å². The zero-order valence-electron chi connectivity index (χ0n) is 22.0. The minimum Gasteiger partial charge on any atom is -0.464 e. The lowest BCUT2D eigenvalue weighted by molar-refractivity contribution is -0.862. The van der Waals surface area contributed by atoms with Crippen LogP contribution in [0.1, 0.15) is 62.4 Å². The van der Waals surface area contributed by atoms with Crippen LogP contribution in [0.5, 0.6) is 0 Å². The number of nitrogens with zero attached hydrogens (tertiary/aromatic N) is 5. The minimum absolute atomic E-state index is 0.00179. The summed E-state index contributed by atoms with van der Waals surface area (Å²) >= 11 is 0. The number of piperidine rings is 1. The summed E-state index contributed by atoms with van der Waals surface area (Å²) in [4.78, 5) is 15.8. The van der Waals surface area contributed by atoms with Crippen LogP contribution in [0.25, 0.3) is 0 Å². The van der Waals surface area contributed by atoms with Crippen molar-refractivity contribution in [3.05, 3.63) is 41.0 Å². The van der Waals surface area contributed by atoms with Gasteiger partial charge in [0.25, 0.3) is 0 Å². The molecule has 2 aromatic rings. The first-order valence-corrected chi connectivity index (χ1v) is 13.5. The zero-order valence-corrected chi connectivity index (χ0v) is 22.9. The largest absolute Gasteiger partial charge is 0.464 e. The summed E-state index contributed by atoms with van der Waals surface area (Å²) in [7, 11) is -4.38. The van der Waals surface area contributed by atoms with Crippen LogP contribution in [-0.4, -0.2) is 65.0 Å². The van der Waals surface area contributed by atoms with Crippen molar-refractivity contribution >= 4 is 22.0 Å². The van der Waals surface area contributed by atoms with Crippen LogP contribution >= 0.6 is 0 Å². The number of anilines is 1. The van der Waals surface area contributed by atoms with Gasteiger partial charge in [0.15, 0.2) is 5.82 Å². The molecule has 2 heterocycles. The van der Waals surface area contributed by atoms with Crippen LogP contribution in [0.2, 0.25) is 0 Å². The third kappa shape index (κ3) is 7.01. The standard InChI is InChI=1S/C23H26F6N6O5S/c1-21(2,3)35(41(38,39)33-20(36)37)8-6-14(7-9-35)19-31-18(32-40-19)12-34(13-22(24,25)26)16-5-4-15(11-30)17(10-16)23(27,28)29/h4-5,10,14,33H,6-9,12-13H2,1-3H3/p+1. The molecule has 0 unspecified atom stereocenters. The number of likely N-dealkylation sites (tertiary alicyclic amines) is 1. The number of rotatable bonds is 7. The number of quaternary nitrogens is 1. The monoisotopic (exact) mass is 613 g/mol. The molecule has 2 N–H and O–H groups in total. The highest BCUT2D eigenvalue weighted by molar-refractivity contribution is 7.84. The predicted octanol–water partition coefficient (Wildman–Crippen LogP) is 4.53. The zero-order chi connectivity index (χ0) is 31.0. The molecule has 0 radical (unpaired) electrons.